The van der Waals surface area contributed by atoms with Crippen molar-refractivity contribution in [2.45, 2.75) is 0 Å². The Balaban J connectivity index is 6.10. The SMILES string of the molecule is PI(P)P(P(I)I(P(I(P)P)I(P)P)P(I(P)P)I(P)P)I(P)P. The first kappa shape index (κ1) is 36.7. The van der Waals surface area contributed by atoms with Crippen LogP contribution in [-0.2, 0) is 0 Å². The van der Waals surface area contributed by atoms with Crippen LogP contribution in [0.25, 0.3) is 0 Å². The fraction of sp³-hybridized carbons (Fsp3) is 0. The number of halogens is 8. The molecule has 0 aliphatic heterocycles. The van der Waals surface area contributed by atoms with Crippen molar-refractivity contribution in [3.8, 4) is 0 Å². The van der Waals surface area contributed by atoms with E-state index in [0.717, 1.165) is 0 Å². The van der Waals surface area contributed by atoms with E-state index in [1.54, 1.807) is 0 Å². The van der Waals surface area contributed by atoms with Crippen molar-refractivity contribution in [1.82, 2.24) is 0 Å². The second kappa shape index (κ2) is 20.6. The van der Waals surface area contributed by atoms with Crippen LogP contribution in [0.5, 0.6) is 0 Å². The van der Waals surface area contributed by atoms with Crippen LogP contribution in [0, 0.1) is 0 Å². The van der Waals surface area contributed by atoms with E-state index in [1.807, 2.05) is 0 Å². The van der Waals surface area contributed by atoms with Crippen molar-refractivity contribution in [2.75, 3.05) is 0 Å². The van der Waals surface area contributed by atoms with E-state index < -0.39 is 127 Å². The van der Waals surface area contributed by atoms with Crippen molar-refractivity contribution in [3.05, 3.63) is 0 Å². The van der Waals surface area contributed by atoms with Crippen LogP contribution in [0.15, 0.2) is 0 Å². The van der Waals surface area contributed by atoms with Crippen LogP contribution in [0.3, 0.4) is 0 Å². The molecule has 0 aliphatic rings. The molecule has 0 aromatic rings. The molecule has 160 valence electrons. The van der Waals surface area contributed by atoms with Gasteiger partial charge < -0.3 is 0 Å². The second-order valence-corrected chi connectivity index (χ2v) is 217. The molecule has 0 aliphatic carbocycles. The summed E-state index contributed by atoms with van der Waals surface area (Å²) in [6, 6.07) is 0. The maximum absolute atomic E-state index is 3.38. The van der Waals surface area contributed by atoms with Crippen molar-refractivity contribution in [1.29, 1.82) is 0 Å². The van der Waals surface area contributed by atoms with Gasteiger partial charge in [-0.05, 0) is 0 Å². The molecule has 0 saturated carbocycles. The summed E-state index contributed by atoms with van der Waals surface area (Å²) < 4.78 is 1.68. The Morgan fingerprint density at radius 1 is 0.458 bits per heavy atom. The molecule has 0 aromatic heterocycles. The van der Waals surface area contributed by atoms with Crippen LogP contribution in [-0.4, -0.2) is 0 Å². The summed E-state index contributed by atoms with van der Waals surface area (Å²) in [4.78, 5) is 0. The molecule has 0 N–H and O–H groups in total. The molecule has 0 amide bonds. The summed E-state index contributed by atoms with van der Waals surface area (Å²) in [5.74, 6) is 0. The van der Waals surface area contributed by atoms with Gasteiger partial charge in [-0.2, -0.15) is 0 Å². The molecule has 13 unspecified atom stereocenters. The molecule has 0 fully saturated rings. The summed E-state index contributed by atoms with van der Waals surface area (Å²) in [7, 11) is 0. The Morgan fingerprint density at radius 2 is 0.708 bits per heavy atom. The molecule has 0 spiro atoms. The van der Waals surface area contributed by atoms with Crippen LogP contribution in [0.2, 0.25) is 0 Å². The summed E-state index contributed by atoms with van der Waals surface area (Å²) in [5.41, 5.74) is 0. The summed E-state index contributed by atoms with van der Waals surface area (Å²) in [5, 5.41) is 0. The van der Waals surface area contributed by atoms with Gasteiger partial charge in [0.05, 0.1) is 0 Å². The van der Waals surface area contributed by atoms with Gasteiger partial charge >= 0.3 is 239 Å². The standard InChI is InChI=1S/H24I8P16/c1-21(24(6(17)18)7(19)20)8(22(2(9)10)3(11)12)23(4(13)14)5(15)16/h9-20H2. The van der Waals surface area contributed by atoms with Gasteiger partial charge in [-0.25, -0.2) is 0 Å². The first-order valence-corrected chi connectivity index (χ1v) is 88.5. The van der Waals surface area contributed by atoms with E-state index in [2.05, 4.69) is 105 Å². The normalized spacial score (nSPS) is 17.8. The zero-order chi connectivity index (χ0) is 19.4. The van der Waals surface area contributed by atoms with Gasteiger partial charge in [0.15, 0.2) is 0 Å². The Hall–Kier alpha value is 12.7. The average Bonchev–Trinajstić information content (AvgIpc) is 2.34. The maximum atomic E-state index is 3.38. The van der Waals surface area contributed by atoms with Gasteiger partial charge in [0.2, 0.25) is 0 Å². The Bertz CT molecular complexity index is 299. The molecular formula is H24I8P16. The summed E-state index contributed by atoms with van der Waals surface area (Å²) >= 11 is -2.72. The number of hydrogen-bond acceptors (Lipinski definition) is 0. The molecule has 0 bridgehead atoms. The second-order valence-electron chi connectivity index (χ2n) is 2.97. The van der Waals surface area contributed by atoms with Gasteiger partial charge in [-0.15, -0.1) is 0 Å². The molecule has 0 aromatic carbocycles. The zero-order valence-electron chi connectivity index (χ0n) is 11.7. The Kier molecular flexibility index (Phi) is 31.5. The zero-order valence-corrected chi connectivity index (χ0v) is 46.4. The third-order valence-corrected chi connectivity index (χ3v) is 505. The van der Waals surface area contributed by atoms with Gasteiger partial charge in [-0.1, -0.05) is 0 Å². The molecule has 13 atom stereocenters. The molecule has 24 heteroatoms. The minimum atomic E-state index is -0.840. The van der Waals surface area contributed by atoms with Crippen LogP contribution in [0.1, 0.15) is 0 Å². The third kappa shape index (κ3) is 14.2. The van der Waals surface area contributed by atoms with Gasteiger partial charge in [0.1, 0.15) is 0 Å². The van der Waals surface area contributed by atoms with E-state index in [9.17, 15) is 0 Å². The number of hydrogen-bond donors (Lipinski definition) is 0. The van der Waals surface area contributed by atoms with Gasteiger partial charge in [0.25, 0.3) is 0 Å². The average molecular weight is 1540 g/mol. The van der Waals surface area contributed by atoms with Crippen LogP contribution >= 0.6 is 239 Å². The van der Waals surface area contributed by atoms with E-state index in [1.165, 1.54) is 0 Å². The summed E-state index contributed by atoms with van der Waals surface area (Å²) in [6.45, 7) is 40.4. The molecule has 0 radical (unpaired) electrons. The van der Waals surface area contributed by atoms with E-state index in [-0.39, 0.29) is 0 Å². The van der Waals surface area contributed by atoms with Crippen LogP contribution in [0.4, 0.5) is 0 Å². The minimum absolute atomic E-state index is 0.360. The quantitative estimate of drug-likeness (QED) is 0.151. The van der Waals surface area contributed by atoms with Crippen molar-refractivity contribution >= 4 is 239 Å². The van der Waals surface area contributed by atoms with Crippen molar-refractivity contribution in [3.63, 3.8) is 0 Å². The van der Waals surface area contributed by atoms with E-state index in [4.69, 9.17) is 0 Å². The Labute approximate surface area is 232 Å². The Morgan fingerprint density at radius 3 is 0.875 bits per heavy atom. The van der Waals surface area contributed by atoms with Gasteiger partial charge in [-0.3, -0.25) is 0 Å². The first-order chi connectivity index (χ1) is 10.8. The van der Waals surface area contributed by atoms with Crippen LogP contribution < -0.4 is 0 Å². The van der Waals surface area contributed by atoms with E-state index in [0.29, 0.717) is 7.49 Å². The molecule has 0 nitrogen and oxygen atoms in total. The van der Waals surface area contributed by atoms with E-state index >= 15 is 0 Å². The van der Waals surface area contributed by atoms with Crippen molar-refractivity contribution < 1.29 is 0 Å². The molecule has 0 saturated heterocycles. The fourth-order valence-corrected chi connectivity index (χ4v) is 1150. The molecule has 24 heavy (non-hydrogen) atoms. The predicted molar refractivity (Wildman–Crippen MR) is 256 cm³/mol. The topological polar surface area (TPSA) is 0 Å². The molecule has 0 rings (SSSR count). The fourth-order valence-electron chi connectivity index (χ4n) is 0.840. The van der Waals surface area contributed by atoms with Gasteiger partial charge in [0, 0.05) is 0 Å². The van der Waals surface area contributed by atoms with Crippen molar-refractivity contribution in [2.24, 2.45) is 0 Å². The third-order valence-electron chi connectivity index (χ3n) is 1.38. The number of rotatable bonds is 10. The molecular weight excluding hydrogens is 1510 g/mol. The predicted octanol–water partition coefficient (Wildman–Crippen LogP) is 14.4. The first-order valence-electron chi connectivity index (χ1n) is 4.51. The monoisotopic (exact) mass is 1540 g/mol. The molecule has 0 heterocycles. The summed E-state index contributed by atoms with van der Waals surface area (Å²) in [6.07, 6.45) is 0.